The van der Waals surface area contributed by atoms with Crippen LogP contribution in [0.1, 0.15) is 6.42 Å². The van der Waals surface area contributed by atoms with E-state index in [1.807, 2.05) is 12.2 Å². The molecule has 0 spiro atoms. The van der Waals surface area contributed by atoms with Crippen LogP contribution in [-0.4, -0.2) is 11.8 Å². The van der Waals surface area contributed by atoms with Crippen molar-refractivity contribution in [1.29, 1.82) is 0 Å². The predicted octanol–water partition coefficient (Wildman–Crippen LogP) is 2.28. The number of imide groups is 1. The first-order valence-electron chi connectivity index (χ1n) is 6.59. The van der Waals surface area contributed by atoms with Gasteiger partial charge in [0.1, 0.15) is 0 Å². The van der Waals surface area contributed by atoms with Crippen molar-refractivity contribution in [1.82, 2.24) is 0 Å². The number of hydrogen-bond acceptors (Lipinski definition) is 2. The molecule has 2 bridgehead atoms. The Morgan fingerprint density at radius 1 is 0.950 bits per heavy atom. The molecule has 1 saturated carbocycles. The largest absolute Gasteiger partial charge is 0.274 e. The Morgan fingerprint density at radius 3 is 2.10 bits per heavy atom. The fourth-order valence-corrected chi connectivity index (χ4v) is 3.78. The molecule has 2 fully saturated rings. The van der Waals surface area contributed by atoms with Gasteiger partial charge in [0.2, 0.25) is 11.8 Å². The summed E-state index contributed by atoms with van der Waals surface area (Å²) in [6, 6.07) is 3.11. The summed E-state index contributed by atoms with van der Waals surface area (Å²) in [7, 11) is 0. The first-order chi connectivity index (χ1) is 9.58. The van der Waals surface area contributed by atoms with Gasteiger partial charge in [-0.1, -0.05) is 12.2 Å². The molecule has 4 atom stereocenters. The van der Waals surface area contributed by atoms with Crippen LogP contribution in [0.4, 0.5) is 14.5 Å². The van der Waals surface area contributed by atoms with Crippen LogP contribution in [-0.2, 0) is 9.59 Å². The third-order valence-electron chi connectivity index (χ3n) is 4.63. The molecule has 20 heavy (non-hydrogen) atoms. The topological polar surface area (TPSA) is 37.4 Å². The van der Waals surface area contributed by atoms with Gasteiger partial charge < -0.3 is 0 Å². The van der Waals surface area contributed by atoms with Gasteiger partial charge >= 0.3 is 0 Å². The van der Waals surface area contributed by atoms with Gasteiger partial charge in [0.25, 0.3) is 0 Å². The Balaban J connectivity index is 1.76. The number of fused-ring (bicyclic) bond motifs is 5. The van der Waals surface area contributed by atoms with E-state index in [1.54, 1.807) is 0 Å². The molecule has 3 nitrogen and oxygen atoms in total. The van der Waals surface area contributed by atoms with Crippen LogP contribution >= 0.6 is 0 Å². The number of anilines is 1. The molecule has 5 heteroatoms. The molecule has 1 aromatic carbocycles. The number of carbonyl (C=O) groups excluding carboxylic acids is 2. The SMILES string of the molecule is O=C1[C@@H]2[C@H](C(=O)N1c1ccc(F)c(F)c1)[C@@H]1C=C[C@@H]2C1. The average molecular weight is 275 g/mol. The van der Waals surface area contributed by atoms with Crippen LogP contribution in [0.2, 0.25) is 0 Å². The average Bonchev–Trinajstić information content (AvgIpc) is 3.08. The molecule has 1 aromatic rings. The zero-order chi connectivity index (χ0) is 14.0. The lowest BCUT2D eigenvalue weighted by molar-refractivity contribution is -0.123. The molecule has 1 saturated heterocycles. The van der Waals surface area contributed by atoms with Crippen molar-refractivity contribution in [3.8, 4) is 0 Å². The van der Waals surface area contributed by atoms with E-state index in [1.165, 1.54) is 6.07 Å². The third kappa shape index (κ3) is 1.32. The number of halogens is 2. The summed E-state index contributed by atoms with van der Waals surface area (Å²) in [5.74, 6) is -3.06. The highest BCUT2D eigenvalue weighted by atomic mass is 19.2. The summed E-state index contributed by atoms with van der Waals surface area (Å²) in [5, 5.41) is 0. The normalized spacial score (nSPS) is 34.2. The van der Waals surface area contributed by atoms with E-state index in [2.05, 4.69) is 0 Å². The smallest absolute Gasteiger partial charge is 0.238 e. The second kappa shape index (κ2) is 3.75. The van der Waals surface area contributed by atoms with E-state index in [9.17, 15) is 18.4 Å². The first-order valence-corrected chi connectivity index (χ1v) is 6.59. The number of carbonyl (C=O) groups is 2. The van der Waals surface area contributed by atoms with Gasteiger partial charge in [-0.15, -0.1) is 0 Å². The second-order valence-electron chi connectivity index (χ2n) is 5.61. The molecule has 0 aromatic heterocycles. The Bertz CT molecular complexity index is 640. The van der Waals surface area contributed by atoms with E-state index >= 15 is 0 Å². The number of allylic oxidation sites excluding steroid dienone is 2. The predicted molar refractivity (Wildman–Crippen MR) is 66.6 cm³/mol. The number of nitrogens with zero attached hydrogens (tertiary/aromatic N) is 1. The molecule has 102 valence electrons. The van der Waals surface area contributed by atoms with Gasteiger partial charge in [0.05, 0.1) is 17.5 Å². The van der Waals surface area contributed by atoms with Gasteiger partial charge in [-0.05, 0) is 30.4 Å². The quantitative estimate of drug-likeness (QED) is 0.582. The van der Waals surface area contributed by atoms with E-state index < -0.39 is 11.6 Å². The number of benzene rings is 1. The van der Waals surface area contributed by atoms with Crippen molar-refractivity contribution in [2.24, 2.45) is 23.7 Å². The molecule has 0 unspecified atom stereocenters. The Hall–Kier alpha value is -2.04. The summed E-state index contributed by atoms with van der Waals surface area (Å²) >= 11 is 0. The minimum Gasteiger partial charge on any atom is -0.274 e. The summed E-state index contributed by atoms with van der Waals surface area (Å²) in [6.07, 6.45) is 4.83. The first kappa shape index (κ1) is 11.8. The van der Waals surface area contributed by atoms with Crippen LogP contribution < -0.4 is 4.90 Å². The third-order valence-corrected chi connectivity index (χ3v) is 4.63. The maximum absolute atomic E-state index is 13.3. The molecule has 1 heterocycles. The molecular weight excluding hydrogens is 264 g/mol. The molecule has 2 aliphatic carbocycles. The highest BCUT2D eigenvalue weighted by Gasteiger charge is 2.59. The molecule has 0 radical (unpaired) electrons. The van der Waals surface area contributed by atoms with Crippen molar-refractivity contribution < 1.29 is 18.4 Å². The fraction of sp³-hybridized carbons (Fsp3) is 0.333. The van der Waals surface area contributed by atoms with E-state index in [0.717, 1.165) is 23.5 Å². The Labute approximate surface area is 113 Å². The van der Waals surface area contributed by atoms with Gasteiger partial charge in [0, 0.05) is 6.07 Å². The van der Waals surface area contributed by atoms with Crippen molar-refractivity contribution >= 4 is 17.5 Å². The van der Waals surface area contributed by atoms with E-state index in [-0.39, 0.29) is 41.2 Å². The molecule has 3 aliphatic rings. The second-order valence-corrected chi connectivity index (χ2v) is 5.61. The van der Waals surface area contributed by atoms with Crippen LogP contribution in [0.15, 0.2) is 30.4 Å². The fourth-order valence-electron chi connectivity index (χ4n) is 3.78. The zero-order valence-electron chi connectivity index (χ0n) is 10.4. The van der Waals surface area contributed by atoms with Crippen molar-refractivity contribution in [2.45, 2.75) is 6.42 Å². The summed E-state index contributed by atoms with van der Waals surface area (Å²) in [4.78, 5) is 25.9. The van der Waals surface area contributed by atoms with Crippen LogP contribution in [0.5, 0.6) is 0 Å². The highest BCUT2D eigenvalue weighted by molar-refractivity contribution is 6.22. The van der Waals surface area contributed by atoms with Gasteiger partial charge in [-0.3, -0.25) is 9.59 Å². The maximum Gasteiger partial charge on any atom is 0.238 e. The van der Waals surface area contributed by atoms with Crippen LogP contribution in [0, 0.1) is 35.3 Å². The zero-order valence-corrected chi connectivity index (χ0v) is 10.4. The molecule has 1 aliphatic heterocycles. The van der Waals surface area contributed by atoms with E-state index in [4.69, 9.17) is 0 Å². The summed E-state index contributed by atoms with van der Waals surface area (Å²) in [6.45, 7) is 0. The minimum absolute atomic E-state index is 0.108. The highest BCUT2D eigenvalue weighted by Crippen LogP contribution is 2.53. The monoisotopic (exact) mass is 275 g/mol. The van der Waals surface area contributed by atoms with Crippen molar-refractivity contribution in [3.05, 3.63) is 42.0 Å². The lowest BCUT2D eigenvalue weighted by Crippen LogP contribution is -2.32. The van der Waals surface area contributed by atoms with Gasteiger partial charge in [0.15, 0.2) is 11.6 Å². The lowest BCUT2D eigenvalue weighted by Gasteiger charge is -2.17. The maximum atomic E-state index is 13.3. The number of rotatable bonds is 1. The van der Waals surface area contributed by atoms with Crippen LogP contribution in [0.3, 0.4) is 0 Å². The van der Waals surface area contributed by atoms with Crippen molar-refractivity contribution in [2.75, 3.05) is 4.90 Å². The molecule has 4 rings (SSSR count). The van der Waals surface area contributed by atoms with Crippen molar-refractivity contribution in [3.63, 3.8) is 0 Å². The Kier molecular flexibility index (Phi) is 2.20. The van der Waals surface area contributed by atoms with Gasteiger partial charge in [-0.25, -0.2) is 13.7 Å². The summed E-state index contributed by atoms with van der Waals surface area (Å²) < 4.78 is 26.3. The standard InChI is InChI=1S/C15H11F2NO2/c16-10-4-3-9(6-11(10)17)18-14(19)12-7-1-2-8(5-7)13(12)15(18)20/h1-4,6-8,12-13H,5H2/t7-,8-,12-,13+/m1/s1. The molecule has 0 N–H and O–H groups in total. The molecular formula is C15H11F2NO2. The lowest BCUT2D eigenvalue weighted by atomic mass is 9.85. The van der Waals surface area contributed by atoms with Crippen LogP contribution in [0.25, 0.3) is 0 Å². The Morgan fingerprint density at radius 2 is 1.55 bits per heavy atom. The molecule has 2 amide bonds. The summed E-state index contributed by atoms with van der Waals surface area (Å²) in [5.41, 5.74) is 0.118. The van der Waals surface area contributed by atoms with E-state index in [0.29, 0.717) is 0 Å². The number of amides is 2. The van der Waals surface area contributed by atoms with Gasteiger partial charge in [-0.2, -0.15) is 0 Å². The minimum atomic E-state index is -1.05. The number of hydrogen-bond donors (Lipinski definition) is 0.